The number of halogens is 1. The van der Waals surface area contributed by atoms with Crippen molar-refractivity contribution in [1.29, 1.82) is 0 Å². The third-order valence-electron chi connectivity index (χ3n) is 3.66. The molecule has 1 amide bonds. The molecule has 0 saturated heterocycles. The Bertz CT molecular complexity index is 487. The predicted octanol–water partition coefficient (Wildman–Crippen LogP) is 2.68. The molecule has 2 rings (SSSR count). The zero-order valence-corrected chi connectivity index (χ0v) is 12.5. The number of aryl methyl sites for hydroxylation is 1. The normalized spacial score (nSPS) is 18.6. The summed E-state index contributed by atoms with van der Waals surface area (Å²) in [5.41, 5.74) is 3.02. The average molecular weight is 281 g/mol. The summed E-state index contributed by atoms with van der Waals surface area (Å²) < 4.78 is 0. The van der Waals surface area contributed by atoms with Gasteiger partial charge in [0.05, 0.1) is 10.6 Å². The molecule has 3 nitrogen and oxygen atoms in total. The number of hydrogen-bond donors (Lipinski definition) is 1. The van der Waals surface area contributed by atoms with Crippen molar-refractivity contribution < 1.29 is 4.79 Å². The number of amides is 1. The van der Waals surface area contributed by atoms with E-state index in [9.17, 15) is 4.79 Å². The Hall–Kier alpha value is -1.06. The first-order chi connectivity index (χ1) is 9.08. The van der Waals surface area contributed by atoms with Gasteiger partial charge in [0.1, 0.15) is 0 Å². The summed E-state index contributed by atoms with van der Waals surface area (Å²) >= 11 is 6.34. The van der Waals surface area contributed by atoms with Crippen LogP contribution in [0.1, 0.15) is 40.7 Å². The number of carbonyl (C=O) groups excluding carboxylic acids is 1. The van der Waals surface area contributed by atoms with E-state index in [1.54, 1.807) is 4.90 Å². The second-order valence-corrected chi connectivity index (χ2v) is 5.64. The van der Waals surface area contributed by atoms with Gasteiger partial charge in [-0.15, -0.1) is 0 Å². The van der Waals surface area contributed by atoms with E-state index in [-0.39, 0.29) is 5.91 Å². The van der Waals surface area contributed by atoms with Crippen molar-refractivity contribution in [2.75, 3.05) is 27.2 Å². The lowest BCUT2D eigenvalue weighted by Gasteiger charge is -2.32. The van der Waals surface area contributed by atoms with E-state index in [4.69, 9.17) is 11.6 Å². The summed E-state index contributed by atoms with van der Waals surface area (Å²) in [6.45, 7) is 3.76. The van der Waals surface area contributed by atoms with Gasteiger partial charge in [0.25, 0.3) is 5.91 Å². The van der Waals surface area contributed by atoms with Gasteiger partial charge in [-0.25, -0.2) is 0 Å². The molecule has 1 heterocycles. The predicted molar refractivity (Wildman–Crippen MR) is 79.1 cm³/mol. The fourth-order valence-corrected chi connectivity index (χ4v) is 3.12. The molecule has 0 fully saturated rings. The standard InChI is InChI=1S/C15H21ClN2O/c1-4-5-10-6-12-11(8-17-2)9-18(3)15(19)14(12)13(16)7-10/h6-7,11,17H,4-5,8-9H2,1-3H3. The highest BCUT2D eigenvalue weighted by Crippen LogP contribution is 2.33. The van der Waals surface area contributed by atoms with Crippen molar-refractivity contribution in [3.8, 4) is 0 Å². The van der Waals surface area contributed by atoms with Crippen LogP contribution in [-0.4, -0.2) is 38.0 Å². The van der Waals surface area contributed by atoms with E-state index >= 15 is 0 Å². The summed E-state index contributed by atoms with van der Waals surface area (Å²) in [4.78, 5) is 14.0. The molecule has 1 aromatic rings. The zero-order valence-electron chi connectivity index (χ0n) is 11.8. The third kappa shape index (κ3) is 2.77. The number of fused-ring (bicyclic) bond motifs is 1. The van der Waals surface area contributed by atoms with Crippen LogP contribution in [0.25, 0.3) is 0 Å². The average Bonchev–Trinajstić information content (AvgIpc) is 2.36. The summed E-state index contributed by atoms with van der Waals surface area (Å²) in [6, 6.07) is 4.11. The van der Waals surface area contributed by atoms with E-state index in [0.717, 1.165) is 31.5 Å². The van der Waals surface area contributed by atoms with E-state index in [1.165, 1.54) is 5.56 Å². The summed E-state index contributed by atoms with van der Waals surface area (Å²) in [5, 5.41) is 3.80. The lowest BCUT2D eigenvalue weighted by molar-refractivity contribution is 0.0765. The Balaban J connectivity index is 2.50. The van der Waals surface area contributed by atoms with Crippen molar-refractivity contribution in [1.82, 2.24) is 10.2 Å². The van der Waals surface area contributed by atoms with Crippen molar-refractivity contribution in [3.05, 3.63) is 33.8 Å². The van der Waals surface area contributed by atoms with Gasteiger partial charge < -0.3 is 10.2 Å². The van der Waals surface area contributed by atoms with Gasteiger partial charge in [-0.05, 0) is 30.7 Å². The molecule has 0 radical (unpaired) electrons. The minimum atomic E-state index is 0.0374. The van der Waals surface area contributed by atoms with Crippen LogP contribution in [0.2, 0.25) is 5.02 Å². The third-order valence-corrected chi connectivity index (χ3v) is 3.96. The van der Waals surface area contributed by atoms with Crippen LogP contribution in [0.5, 0.6) is 0 Å². The first-order valence-electron chi connectivity index (χ1n) is 6.80. The number of rotatable bonds is 4. The molecule has 1 N–H and O–H groups in total. The Morgan fingerprint density at radius 1 is 1.47 bits per heavy atom. The summed E-state index contributed by atoms with van der Waals surface area (Å²) in [7, 11) is 3.78. The highest BCUT2D eigenvalue weighted by Gasteiger charge is 2.31. The van der Waals surface area contributed by atoms with Crippen LogP contribution >= 0.6 is 11.6 Å². The quantitative estimate of drug-likeness (QED) is 0.920. The van der Waals surface area contributed by atoms with E-state index in [2.05, 4.69) is 18.3 Å². The molecule has 0 saturated carbocycles. The Kier molecular flexibility index (Phi) is 4.48. The fourth-order valence-electron chi connectivity index (χ4n) is 2.79. The van der Waals surface area contributed by atoms with Gasteiger partial charge in [-0.1, -0.05) is 31.0 Å². The lowest BCUT2D eigenvalue weighted by atomic mass is 9.87. The highest BCUT2D eigenvalue weighted by molar-refractivity contribution is 6.34. The van der Waals surface area contributed by atoms with Gasteiger partial charge in [0, 0.05) is 26.1 Å². The smallest absolute Gasteiger partial charge is 0.255 e. The molecular formula is C15H21ClN2O. The highest BCUT2D eigenvalue weighted by atomic mass is 35.5. The first kappa shape index (κ1) is 14.4. The molecule has 1 aromatic carbocycles. The Morgan fingerprint density at radius 2 is 2.21 bits per heavy atom. The van der Waals surface area contributed by atoms with Crippen molar-refractivity contribution in [2.45, 2.75) is 25.7 Å². The van der Waals surface area contributed by atoms with Crippen LogP contribution in [0.15, 0.2) is 12.1 Å². The van der Waals surface area contributed by atoms with Crippen LogP contribution < -0.4 is 5.32 Å². The van der Waals surface area contributed by atoms with Crippen LogP contribution in [0, 0.1) is 0 Å². The van der Waals surface area contributed by atoms with Crippen LogP contribution in [0.4, 0.5) is 0 Å². The maximum absolute atomic E-state index is 12.3. The fraction of sp³-hybridized carbons (Fsp3) is 0.533. The van der Waals surface area contributed by atoms with Gasteiger partial charge in [0.15, 0.2) is 0 Å². The SMILES string of the molecule is CCCc1cc(Cl)c2c(c1)C(CNC)CN(C)C2=O. The monoisotopic (exact) mass is 280 g/mol. The van der Waals surface area contributed by atoms with Crippen LogP contribution in [-0.2, 0) is 6.42 Å². The van der Waals surface area contributed by atoms with E-state index < -0.39 is 0 Å². The molecule has 0 aromatic heterocycles. The molecule has 1 aliphatic rings. The Labute approximate surface area is 119 Å². The topological polar surface area (TPSA) is 32.3 Å². The molecule has 4 heteroatoms. The minimum Gasteiger partial charge on any atom is -0.341 e. The maximum atomic E-state index is 12.3. The second kappa shape index (κ2) is 5.93. The molecule has 104 valence electrons. The largest absolute Gasteiger partial charge is 0.341 e. The molecular weight excluding hydrogens is 260 g/mol. The van der Waals surface area contributed by atoms with Crippen molar-refractivity contribution in [2.24, 2.45) is 0 Å². The molecule has 0 spiro atoms. The second-order valence-electron chi connectivity index (χ2n) is 5.23. The van der Waals surface area contributed by atoms with E-state index in [0.29, 0.717) is 16.5 Å². The molecule has 1 atom stereocenters. The lowest BCUT2D eigenvalue weighted by Crippen LogP contribution is -2.40. The van der Waals surface area contributed by atoms with Gasteiger partial charge >= 0.3 is 0 Å². The van der Waals surface area contributed by atoms with Gasteiger partial charge in [-0.3, -0.25) is 4.79 Å². The van der Waals surface area contributed by atoms with E-state index in [1.807, 2.05) is 20.2 Å². The summed E-state index contributed by atoms with van der Waals surface area (Å²) in [6.07, 6.45) is 2.09. The van der Waals surface area contributed by atoms with Crippen molar-refractivity contribution in [3.63, 3.8) is 0 Å². The van der Waals surface area contributed by atoms with Gasteiger partial charge in [-0.2, -0.15) is 0 Å². The number of benzene rings is 1. The first-order valence-corrected chi connectivity index (χ1v) is 7.18. The maximum Gasteiger partial charge on any atom is 0.255 e. The number of likely N-dealkylation sites (N-methyl/N-ethyl adjacent to an activating group) is 2. The zero-order chi connectivity index (χ0) is 14.0. The molecule has 0 bridgehead atoms. The number of nitrogens with one attached hydrogen (secondary N) is 1. The number of nitrogens with zero attached hydrogens (tertiary/aromatic N) is 1. The molecule has 19 heavy (non-hydrogen) atoms. The number of hydrogen-bond acceptors (Lipinski definition) is 2. The minimum absolute atomic E-state index is 0.0374. The Morgan fingerprint density at radius 3 is 2.84 bits per heavy atom. The van der Waals surface area contributed by atoms with Crippen molar-refractivity contribution >= 4 is 17.5 Å². The van der Waals surface area contributed by atoms with Gasteiger partial charge in [0.2, 0.25) is 0 Å². The van der Waals surface area contributed by atoms with Crippen LogP contribution in [0.3, 0.4) is 0 Å². The molecule has 1 unspecified atom stereocenters. The molecule has 0 aliphatic carbocycles. The number of carbonyl (C=O) groups is 1. The molecule has 1 aliphatic heterocycles. The summed E-state index contributed by atoms with van der Waals surface area (Å²) in [5.74, 6) is 0.354.